The number of nitrogens with one attached hydrogen (secondary N) is 1. The number of ether oxygens (including phenoxy) is 1. The third-order valence-electron chi connectivity index (χ3n) is 3.81. The van der Waals surface area contributed by atoms with E-state index in [2.05, 4.69) is 5.32 Å². The van der Waals surface area contributed by atoms with Crippen molar-refractivity contribution in [1.29, 1.82) is 0 Å². The van der Waals surface area contributed by atoms with Crippen molar-refractivity contribution in [2.75, 3.05) is 13.7 Å². The molecular weight excluding hydrogens is 244 g/mol. The summed E-state index contributed by atoms with van der Waals surface area (Å²) in [5, 5.41) is 2.84. The number of nitrogens with two attached hydrogens (primary N) is 1. The van der Waals surface area contributed by atoms with E-state index in [0.717, 1.165) is 19.3 Å². The number of carbonyl (C=O) groups is 2. The molecule has 0 aliphatic heterocycles. The van der Waals surface area contributed by atoms with Crippen LogP contribution in [0.3, 0.4) is 0 Å². The molecule has 3 N–H and O–H groups in total. The molecule has 1 rings (SSSR count). The zero-order chi connectivity index (χ0) is 14.4. The molecule has 0 radical (unpaired) electrons. The van der Waals surface area contributed by atoms with E-state index in [1.165, 1.54) is 7.11 Å². The van der Waals surface area contributed by atoms with Crippen LogP contribution in [0, 0.1) is 17.8 Å². The van der Waals surface area contributed by atoms with Crippen molar-refractivity contribution in [2.45, 2.75) is 45.6 Å². The van der Waals surface area contributed by atoms with Crippen LogP contribution in [0.4, 0.5) is 0 Å². The predicted molar refractivity (Wildman–Crippen MR) is 73.3 cm³/mol. The van der Waals surface area contributed by atoms with Gasteiger partial charge in [0.2, 0.25) is 5.91 Å². The monoisotopic (exact) mass is 270 g/mol. The van der Waals surface area contributed by atoms with Gasteiger partial charge >= 0.3 is 5.97 Å². The van der Waals surface area contributed by atoms with Gasteiger partial charge in [-0.25, -0.2) is 4.79 Å². The fourth-order valence-electron chi connectivity index (χ4n) is 2.77. The molecule has 1 aliphatic carbocycles. The molecule has 3 atom stereocenters. The Morgan fingerprint density at radius 1 is 1.37 bits per heavy atom. The molecule has 0 aromatic carbocycles. The SMILES string of the molecule is COC(=O)[C@H](CC(C)C)NC(=O)C1CCCC1CN. The fraction of sp³-hybridized carbons (Fsp3) is 0.857. The van der Waals surface area contributed by atoms with Gasteiger partial charge in [0.15, 0.2) is 0 Å². The summed E-state index contributed by atoms with van der Waals surface area (Å²) in [5.41, 5.74) is 5.69. The van der Waals surface area contributed by atoms with Gasteiger partial charge in [0.25, 0.3) is 0 Å². The Balaban J connectivity index is 2.62. The molecule has 110 valence electrons. The van der Waals surface area contributed by atoms with Crippen molar-refractivity contribution in [2.24, 2.45) is 23.5 Å². The summed E-state index contributed by atoms with van der Waals surface area (Å²) in [4.78, 5) is 23.9. The van der Waals surface area contributed by atoms with Crippen LogP contribution in [0.5, 0.6) is 0 Å². The minimum atomic E-state index is -0.545. The van der Waals surface area contributed by atoms with E-state index in [4.69, 9.17) is 10.5 Å². The Labute approximate surface area is 115 Å². The first-order chi connectivity index (χ1) is 8.99. The van der Waals surface area contributed by atoms with Crippen molar-refractivity contribution in [3.05, 3.63) is 0 Å². The maximum atomic E-state index is 12.3. The highest BCUT2D eigenvalue weighted by molar-refractivity contribution is 5.86. The Hall–Kier alpha value is -1.10. The topological polar surface area (TPSA) is 81.4 Å². The molecule has 0 bridgehead atoms. The summed E-state index contributed by atoms with van der Waals surface area (Å²) in [6.45, 7) is 4.56. The first-order valence-corrected chi connectivity index (χ1v) is 7.07. The van der Waals surface area contributed by atoms with E-state index in [1.807, 2.05) is 13.8 Å². The summed E-state index contributed by atoms with van der Waals surface area (Å²) in [5.74, 6) is 0.0910. The third kappa shape index (κ3) is 4.49. The number of rotatable bonds is 6. The molecule has 1 fully saturated rings. The lowest BCUT2D eigenvalue weighted by Crippen LogP contribution is -2.46. The normalized spacial score (nSPS) is 24.3. The van der Waals surface area contributed by atoms with Gasteiger partial charge < -0.3 is 15.8 Å². The lowest BCUT2D eigenvalue weighted by molar-refractivity contribution is -0.146. The summed E-state index contributed by atoms with van der Waals surface area (Å²) in [6, 6.07) is -0.545. The number of amides is 1. The highest BCUT2D eigenvalue weighted by atomic mass is 16.5. The summed E-state index contributed by atoms with van der Waals surface area (Å²) in [7, 11) is 1.35. The highest BCUT2D eigenvalue weighted by Crippen LogP contribution is 2.31. The molecular formula is C14H26N2O3. The molecule has 0 aromatic rings. The van der Waals surface area contributed by atoms with Crippen LogP contribution in [-0.4, -0.2) is 31.6 Å². The minimum Gasteiger partial charge on any atom is -0.467 e. The van der Waals surface area contributed by atoms with E-state index in [0.29, 0.717) is 18.9 Å². The third-order valence-corrected chi connectivity index (χ3v) is 3.81. The Bertz CT molecular complexity index is 318. The van der Waals surface area contributed by atoms with Crippen molar-refractivity contribution in [1.82, 2.24) is 5.32 Å². The Morgan fingerprint density at radius 3 is 2.58 bits per heavy atom. The van der Waals surface area contributed by atoms with Crippen LogP contribution in [0.15, 0.2) is 0 Å². The lowest BCUT2D eigenvalue weighted by atomic mass is 9.94. The van der Waals surface area contributed by atoms with Gasteiger partial charge in [0, 0.05) is 5.92 Å². The van der Waals surface area contributed by atoms with Gasteiger partial charge in [0.05, 0.1) is 7.11 Å². The van der Waals surface area contributed by atoms with E-state index in [1.54, 1.807) is 0 Å². The van der Waals surface area contributed by atoms with Crippen LogP contribution < -0.4 is 11.1 Å². The molecule has 5 nitrogen and oxygen atoms in total. The van der Waals surface area contributed by atoms with Crippen LogP contribution in [0.2, 0.25) is 0 Å². The predicted octanol–water partition coefficient (Wildman–Crippen LogP) is 1.07. The standard InChI is InChI=1S/C14H26N2O3/c1-9(2)7-12(14(18)19-3)16-13(17)11-6-4-5-10(11)8-15/h9-12H,4-8,15H2,1-3H3,(H,16,17)/t10?,11?,12-/m0/s1. The smallest absolute Gasteiger partial charge is 0.328 e. The minimum absolute atomic E-state index is 0.0516. The summed E-state index contributed by atoms with van der Waals surface area (Å²) in [6.07, 6.45) is 3.50. The van der Waals surface area contributed by atoms with Crippen molar-refractivity contribution in [3.63, 3.8) is 0 Å². The second kappa shape index (κ2) is 7.48. The van der Waals surface area contributed by atoms with E-state index >= 15 is 0 Å². The second-order valence-electron chi connectivity index (χ2n) is 5.75. The largest absolute Gasteiger partial charge is 0.467 e. The average molecular weight is 270 g/mol. The molecule has 1 amide bonds. The number of hydrogen-bond acceptors (Lipinski definition) is 4. The van der Waals surface area contributed by atoms with Crippen molar-refractivity contribution < 1.29 is 14.3 Å². The second-order valence-corrected chi connectivity index (χ2v) is 5.75. The molecule has 0 heterocycles. The van der Waals surface area contributed by atoms with Crippen molar-refractivity contribution in [3.8, 4) is 0 Å². The maximum Gasteiger partial charge on any atom is 0.328 e. The van der Waals surface area contributed by atoms with Crippen LogP contribution in [0.25, 0.3) is 0 Å². The Kier molecular flexibility index (Phi) is 6.28. The van der Waals surface area contributed by atoms with Crippen molar-refractivity contribution >= 4 is 11.9 Å². The lowest BCUT2D eigenvalue weighted by Gasteiger charge is -2.22. The molecule has 2 unspecified atom stereocenters. The van der Waals surface area contributed by atoms with E-state index < -0.39 is 6.04 Å². The highest BCUT2D eigenvalue weighted by Gasteiger charge is 2.34. The van der Waals surface area contributed by atoms with Gasteiger partial charge in [-0.05, 0) is 37.6 Å². The molecule has 0 aromatic heterocycles. The van der Waals surface area contributed by atoms with Gasteiger partial charge in [-0.3, -0.25) is 4.79 Å². The maximum absolute atomic E-state index is 12.3. The van der Waals surface area contributed by atoms with Crippen LogP contribution >= 0.6 is 0 Å². The average Bonchev–Trinajstić information content (AvgIpc) is 2.84. The van der Waals surface area contributed by atoms with Gasteiger partial charge in [-0.1, -0.05) is 20.3 Å². The van der Waals surface area contributed by atoms with Gasteiger partial charge in [-0.2, -0.15) is 0 Å². The van der Waals surface area contributed by atoms with Crippen LogP contribution in [0.1, 0.15) is 39.5 Å². The number of esters is 1. The van der Waals surface area contributed by atoms with E-state index in [9.17, 15) is 9.59 Å². The zero-order valence-electron chi connectivity index (χ0n) is 12.1. The number of methoxy groups -OCH3 is 1. The molecule has 0 saturated heterocycles. The van der Waals surface area contributed by atoms with Gasteiger partial charge in [0.1, 0.15) is 6.04 Å². The summed E-state index contributed by atoms with van der Waals surface area (Å²) >= 11 is 0. The van der Waals surface area contributed by atoms with Crippen LogP contribution in [-0.2, 0) is 14.3 Å². The Morgan fingerprint density at radius 2 is 2.05 bits per heavy atom. The molecule has 1 saturated carbocycles. The fourth-order valence-corrected chi connectivity index (χ4v) is 2.77. The summed E-state index contributed by atoms with van der Waals surface area (Å²) < 4.78 is 4.75. The van der Waals surface area contributed by atoms with Gasteiger partial charge in [-0.15, -0.1) is 0 Å². The number of hydrogen-bond donors (Lipinski definition) is 2. The first-order valence-electron chi connectivity index (χ1n) is 7.07. The molecule has 5 heteroatoms. The molecule has 0 spiro atoms. The van der Waals surface area contributed by atoms with E-state index in [-0.39, 0.29) is 23.7 Å². The quantitative estimate of drug-likeness (QED) is 0.707. The zero-order valence-corrected chi connectivity index (χ0v) is 12.1. The molecule has 1 aliphatic rings. The number of carbonyl (C=O) groups excluding carboxylic acids is 2. The molecule has 19 heavy (non-hydrogen) atoms. The first kappa shape index (κ1) is 16.0.